The normalized spacial score (nSPS) is 14.8. The summed E-state index contributed by atoms with van der Waals surface area (Å²) in [5, 5.41) is 4.10. The quantitative estimate of drug-likeness (QED) is 0.0586. The lowest BCUT2D eigenvalue weighted by molar-refractivity contribution is -0.360. The molecule has 0 aromatic heterocycles. The number of ether oxygens (including phenoxy) is 1. The molecule has 54 heavy (non-hydrogen) atoms. The molecule has 1 aliphatic rings. The molecule has 1 unspecified atom stereocenters. The van der Waals surface area contributed by atoms with Crippen LogP contribution in [-0.2, 0) is 17.1 Å². The highest BCUT2D eigenvalue weighted by atomic mass is 19.4. The number of hydrogen-bond donors (Lipinski definition) is 2. The zero-order valence-electron chi connectivity index (χ0n) is 31.6. The Morgan fingerprint density at radius 3 is 2.15 bits per heavy atom. The topological polar surface area (TPSA) is 76.7 Å². The van der Waals surface area contributed by atoms with Crippen LogP contribution in [0.5, 0.6) is 5.75 Å². The number of alkyl halides is 7. The van der Waals surface area contributed by atoms with E-state index in [-0.39, 0.29) is 25.2 Å². The van der Waals surface area contributed by atoms with E-state index in [0.717, 1.165) is 49.8 Å². The van der Waals surface area contributed by atoms with E-state index in [2.05, 4.69) is 60.8 Å². The van der Waals surface area contributed by atoms with Gasteiger partial charge in [0.05, 0.1) is 5.69 Å². The first-order valence-electron chi connectivity index (χ1n) is 17.8. The molecule has 3 N–H and O–H groups in total. The Bertz CT molecular complexity index is 1450. The van der Waals surface area contributed by atoms with E-state index in [4.69, 9.17) is 6.42 Å². The number of halogens is 7. The van der Waals surface area contributed by atoms with Gasteiger partial charge in [-0.15, -0.1) is 19.6 Å². The van der Waals surface area contributed by atoms with E-state index in [1.807, 2.05) is 6.08 Å². The van der Waals surface area contributed by atoms with Gasteiger partial charge in [-0.05, 0) is 92.3 Å². The number of carbonyl (C=O) groups excluding carboxylic acids is 1. The van der Waals surface area contributed by atoms with Crippen LogP contribution in [0.25, 0.3) is 0 Å². The highest BCUT2D eigenvalue weighted by Crippen LogP contribution is 2.37. The molecule has 1 aliphatic carbocycles. The number of nitrogens with two attached hydrogens (primary N) is 1. The zero-order valence-corrected chi connectivity index (χ0v) is 31.6. The largest absolute Gasteiger partial charge is 0.499 e. The first kappa shape index (κ1) is 52.0. The number of rotatable bonds is 16. The number of allylic oxidation sites excluding steroid dienone is 2. The Balaban J connectivity index is 0. The molecule has 12 heteroatoms. The first-order valence-corrected chi connectivity index (χ1v) is 17.8. The van der Waals surface area contributed by atoms with Gasteiger partial charge in [-0.2, -0.15) is 27.1 Å². The van der Waals surface area contributed by atoms with Gasteiger partial charge in [0.15, 0.2) is 0 Å². The molecule has 3 rings (SSSR count). The minimum absolute atomic E-state index is 0. The molecule has 0 saturated carbocycles. The molecule has 2 aromatic carbocycles. The summed E-state index contributed by atoms with van der Waals surface area (Å²) in [7, 11) is 1.50. The van der Waals surface area contributed by atoms with Crippen molar-refractivity contribution in [2.45, 2.75) is 124 Å². The van der Waals surface area contributed by atoms with Crippen LogP contribution < -0.4 is 15.9 Å². The van der Waals surface area contributed by atoms with Crippen molar-refractivity contribution in [3.8, 4) is 18.1 Å². The van der Waals surface area contributed by atoms with Gasteiger partial charge < -0.3 is 10.5 Å². The molecule has 0 aliphatic heterocycles. The summed E-state index contributed by atoms with van der Waals surface area (Å²) in [6, 6.07) is 11.1. The SMILES string of the molecule is C.C#C/C(=N\Nc1ccc(OC(F)(F)C(F)(F)F)cc1)C1=CCC(C)CC1.C=C.CCC[C@H](C)CCCC(=O)CCc1ccccc1C(F)(F)CC.CN. The molecule has 2 atom stereocenters. The second-order valence-electron chi connectivity index (χ2n) is 12.5. The molecule has 0 bridgehead atoms. The molecule has 304 valence electrons. The lowest BCUT2D eigenvalue weighted by Crippen LogP contribution is -2.41. The predicted molar refractivity (Wildman–Crippen MR) is 209 cm³/mol. The second kappa shape index (κ2) is 26.6. The van der Waals surface area contributed by atoms with Gasteiger partial charge in [0, 0.05) is 24.8 Å². The molecular weight excluding hydrogens is 711 g/mol. The summed E-state index contributed by atoms with van der Waals surface area (Å²) in [6.07, 6.45) is 4.66. The molecular formula is C42H60F7N3O2. The lowest BCUT2D eigenvalue weighted by Gasteiger charge is -2.20. The van der Waals surface area contributed by atoms with Crippen molar-refractivity contribution in [1.29, 1.82) is 0 Å². The molecule has 5 nitrogen and oxygen atoms in total. The molecule has 0 spiro atoms. The third-order valence-corrected chi connectivity index (χ3v) is 8.30. The number of carbonyl (C=O) groups is 1. The minimum atomic E-state index is -5.79. The zero-order chi connectivity index (χ0) is 40.7. The summed E-state index contributed by atoms with van der Waals surface area (Å²) < 4.78 is 93.6. The smallest absolute Gasteiger partial charge is 0.426 e. The fourth-order valence-electron chi connectivity index (χ4n) is 5.27. The highest BCUT2D eigenvalue weighted by Gasteiger charge is 2.61. The summed E-state index contributed by atoms with van der Waals surface area (Å²) in [5.41, 5.74) is 9.59. The highest BCUT2D eigenvalue weighted by molar-refractivity contribution is 6.12. The van der Waals surface area contributed by atoms with Crippen LogP contribution >= 0.6 is 0 Å². The summed E-state index contributed by atoms with van der Waals surface area (Å²) in [5.74, 6) is 0.492. The monoisotopic (exact) mass is 771 g/mol. The maximum absolute atomic E-state index is 13.9. The van der Waals surface area contributed by atoms with Crippen LogP contribution in [0.15, 0.2) is 78.4 Å². The van der Waals surface area contributed by atoms with Crippen LogP contribution in [0.4, 0.5) is 36.4 Å². The number of aryl methyl sites for hydroxylation is 1. The van der Waals surface area contributed by atoms with E-state index < -0.39 is 24.0 Å². The van der Waals surface area contributed by atoms with Crippen LogP contribution in [0.2, 0.25) is 0 Å². The lowest BCUT2D eigenvalue weighted by atomic mass is 9.89. The van der Waals surface area contributed by atoms with Crippen molar-refractivity contribution >= 4 is 17.2 Å². The van der Waals surface area contributed by atoms with Crippen molar-refractivity contribution in [3.63, 3.8) is 0 Å². The molecule has 0 amide bonds. The van der Waals surface area contributed by atoms with Gasteiger partial charge in [0.1, 0.15) is 17.2 Å². The third kappa shape index (κ3) is 18.8. The number of ketones is 1. The van der Waals surface area contributed by atoms with Crippen LogP contribution in [-0.4, -0.2) is 30.8 Å². The molecule has 2 aromatic rings. The number of benzene rings is 2. The number of hydrogen-bond acceptors (Lipinski definition) is 5. The summed E-state index contributed by atoms with van der Waals surface area (Å²) in [4.78, 5) is 12.0. The number of Topliss-reactive ketones (excluding diaryl/α,β-unsaturated/α-hetero) is 1. The average Bonchev–Trinajstić information content (AvgIpc) is 3.14. The number of hydrazone groups is 1. The summed E-state index contributed by atoms with van der Waals surface area (Å²) in [6.45, 7) is 14.0. The Kier molecular flexibility index (Phi) is 25.6. The van der Waals surface area contributed by atoms with Crippen molar-refractivity contribution in [2.75, 3.05) is 12.5 Å². The van der Waals surface area contributed by atoms with Crippen LogP contribution in [0, 0.1) is 24.2 Å². The van der Waals surface area contributed by atoms with E-state index in [1.165, 1.54) is 45.0 Å². The Hall–Kier alpha value is -4.11. The molecule has 0 fully saturated rings. The third-order valence-electron chi connectivity index (χ3n) is 8.30. The number of nitrogens with zero attached hydrogens (tertiary/aromatic N) is 1. The molecule has 0 radical (unpaired) electrons. The van der Waals surface area contributed by atoms with Crippen molar-refractivity contribution in [3.05, 3.63) is 84.5 Å². The van der Waals surface area contributed by atoms with E-state index >= 15 is 0 Å². The van der Waals surface area contributed by atoms with Crippen molar-refractivity contribution in [1.82, 2.24) is 0 Å². The first-order chi connectivity index (χ1) is 25.0. The average molecular weight is 772 g/mol. The Morgan fingerprint density at radius 1 is 1.02 bits per heavy atom. The van der Waals surface area contributed by atoms with Crippen LogP contribution in [0.3, 0.4) is 0 Å². The maximum atomic E-state index is 13.9. The second-order valence-corrected chi connectivity index (χ2v) is 12.5. The predicted octanol–water partition coefficient (Wildman–Crippen LogP) is 12.7. The summed E-state index contributed by atoms with van der Waals surface area (Å²) >= 11 is 0. The fourth-order valence-corrected chi connectivity index (χ4v) is 5.27. The van der Waals surface area contributed by atoms with Gasteiger partial charge in [0.2, 0.25) is 0 Å². The molecule has 0 heterocycles. The van der Waals surface area contributed by atoms with Crippen molar-refractivity contribution < 1.29 is 40.3 Å². The number of anilines is 1. The number of nitrogens with one attached hydrogen (secondary N) is 1. The number of terminal acetylenes is 1. The Labute approximate surface area is 318 Å². The van der Waals surface area contributed by atoms with E-state index in [0.29, 0.717) is 48.1 Å². The van der Waals surface area contributed by atoms with E-state index in [9.17, 15) is 35.5 Å². The minimum Gasteiger partial charge on any atom is -0.426 e. The van der Waals surface area contributed by atoms with Crippen LogP contribution in [0.1, 0.15) is 110 Å². The van der Waals surface area contributed by atoms with Crippen molar-refractivity contribution in [2.24, 2.45) is 22.7 Å². The van der Waals surface area contributed by atoms with Gasteiger partial charge in [-0.1, -0.05) is 84.7 Å². The Morgan fingerprint density at radius 2 is 1.63 bits per heavy atom. The van der Waals surface area contributed by atoms with Gasteiger partial charge in [-0.3, -0.25) is 10.2 Å². The van der Waals surface area contributed by atoms with Gasteiger partial charge in [-0.25, -0.2) is 8.78 Å². The fraction of sp³-hybridized carbons (Fsp3) is 0.524. The maximum Gasteiger partial charge on any atom is 0.499 e. The molecule has 0 saturated heterocycles. The van der Waals surface area contributed by atoms with E-state index in [1.54, 1.807) is 18.2 Å². The standard InChI is InChI=1S/C20H30F2O.C18H17F5N2O.C2H4.CH5N.CH4/c1-4-9-16(3)10-8-12-18(23)15-14-17-11-6-7-13-19(17)20(21,22)5-2;1-3-16(13-6-4-12(2)5-7-13)25-24-14-8-10-15(11-9-14)26-18(22,23)17(19,20)21;2*1-2;/h6-7,11,13,16H,4-5,8-10,12,14-15H2,1-3H3;1,6,8-12,24H,4-5,7H2,2H3;1-2H2;2H2,1H3;1H4/b;25-16+;;;/t16-;;;;/m0..../s1. The van der Waals surface area contributed by atoms with Gasteiger partial charge >= 0.3 is 12.3 Å². The van der Waals surface area contributed by atoms with Gasteiger partial charge in [0.25, 0.3) is 5.92 Å².